The van der Waals surface area contributed by atoms with Gasteiger partial charge in [-0.3, -0.25) is 19.3 Å². The molecule has 1 amide bonds. The molecule has 0 N–H and O–H groups in total. The van der Waals surface area contributed by atoms with Crippen LogP contribution in [0, 0.1) is 0 Å². The number of amides is 1. The van der Waals surface area contributed by atoms with Crippen LogP contribution in [0.1, 0.15) is 6.92 Å². The molecule has 1 atom stereocenters. The van der Waals surface area contributed by atoms with Gasteiger partial charge >= 0.3 is 11.9 Å². The van der Waals surface area contributed by atoms with Gasteiger partial charge in [0.15, 0.2) is 0 Å². The summed E-state index contributed by atoms with van der Waals surface area (Å²) >= 11 is 0. The predicted molar refractivity (Wildman–Crippen MR) is 61.6 cm³/mol. The van der Waals surface area contributed by atoms with E-state index in [9.17, 15) is 14.4 Å². The van der Waals surface area contributed by atoms with Crippen LogP contribution in [-0.2, 0) is 23.9 Å². The summed E-state index contributed by atoms with van der Waals surface area (Å²) in [4.78, 5) is 37.3. The quantitative estimate of drug-likeness (QED) is 0.594. The van der Waals surface area contributed by atoms with Crippen LogP contribution in [0.3, 0.4) is 0 Å². The fraction of sp³-hybridized carbons (Fsp3) is 0.727. The number of carbonyl (C=O) groups excluding carboxylic acids is 3. The van der Waals surface area contributed by atoms with Crippen molar-refractivity contribution in [1.82, 2.24) is 9.80 Å². The lowest BCUT2D eigenvalue weighted by Gasteiger charge is -2.38. The normalized spacial score (nSPS) is 20.7. The summed E-state index contributed by atoms with van der Waals surface area (Å²) in [5, 5.41) is 0. The molecule has 1 aliphatic heterocycles. The Morgan fingerprint density at radius 3 is 2.28 bits per heavy atom. The second-order valence-electron chi connectivity index (χ2n) is 4.19. The highest BCUT2D eigenvalue weighted by atomic mass is 16.5. The molecule has 1 fully saturated rings. The van der Waals surface area contributed by atoms with E-state index in [2.05, 4.69) is 9.47 Å². The number of hydrogen-bond donors (Lipinski definition) is 0. The van der Waals surface area contributed by atoms with Crippen molar-refractivity contribution in [1.29, 1.82) is 0 Å². The van der Waals surface area contributed by atoms with Crippen molar-refractivity contribution < 1.29 is 23.9 Å². The first-order valence-corrected chi connectivity index (χ1v) is 5.63. The van der Waals surface area contributed by atoms with Crippen LogP contribution in [0.25, 0.3) is 0 Å². The Kier molecular flexibility index (Phi) is 5.08. The number of carbonyl (C=O) groups is 3. The van der Waals surface area contributed by atoms with Crippen LogP contribution in [0.4, 0.5) is 0 Å². The monoisotopic (exact) mass is 258 g/mol. The van der Waals surface area contributed by atoms with E-state index in [1.165, 1.54) is 19.1 Å². The average Bonchev–Trinajstić information content (AvgIpc) is 2.33. The molecule has 0 radical (unpaired) electrons. The summed E-state index contributed by atoms with van der Waals surface area (Å²) in [6.07, 6.45) is 0. The molecule has 0 saturated carbocycles. The van der Waals surface area contributed by atoms with Gasteiger partial charge < -0.3 is 14.4 Å². The molecule has 0 unspecified atom stereocenters. The van der Waals surface area contributed by atoms with E-state index < -0.39 is 5.97 Å². The van der Waals surface area contributed by atoms with Gasteiger partial charge in [-0.15, -0.1) is 0 Å². The Bertz CT molecular complexity index is 344. The maximum atomic E-state index is 11.9. The summed E-state index contributed by atoms with van der Waals surface area (Å²) in [7, 11) is 2.59. The average molecular weight is 258 g/mol. The Morgan fingerprint density at radius 1 is 1.22 bits per heavy atom. The fourth-order valence-corrected chi connectivity index (χ4v) is 1.88. The molecule has 7 heteroatoms. The number of hydrogen-bond acceptors (Lipinski definition) is 6. The van der Waals surface area contributed by atoms with Gasteiger partial charge in [-0.2, -0.15) is 0 Å². The first kappa shape index (κ1) is 14.4. The lowest BCUT2D eigenvalue weighted by atomic mass is 10.2. The number of rotatable bonds is 4. The molecule has 1 aliphatic rings. The van der Waals surface area contributed by atoms with Gasteiger partial charge in [0.1, 0.15) is 6.54 Å². The summed E-state index contributed by atoms with van der Waals surface area (Å²) in [5.74, 6) is -1.02. The van der Waals surface area contributed by atoms with E-state index in [0.717, 1.165) is 0 Å². The van der Waals surface area contributed by atoms with Gasteiger partial charge in [-0.25, -0.2) is 0 Å². The van der Waals surface area contributed by atoms with Gasteiger partial charge in [-0.1, -0.05) is 0 Å². The van der Waals surface area contributed by atoms with E-state index in [4.69, 9.17) is 0 Å². The lowest BCUT2D eigenvalue weighted by molar-refractivity contribution is -0.153. The number of nitrogens with zero attached hydrogens (tertiary/aromatic N) is 2. The van der Waals surface area contributed by atoms with Gasteiger partial charge in [0, 0.05) is 12.6 Å². The highest BCUT2D eigenvalue weighted by Gasteiger charge is 2.32. The molecule has 18 heavy (non-hydrogen) atoms. The zero-order valence-corrected chi connectivity index (χ0v) is 10.8. The molecule has 0 bridgehead atoms. The Labute approximate surface area is 106 Å². The van der Waals surface area contributed by atoms with E-state index in [0.29, 0.717) is 6.54 Å². The third-order valence-electron chi connectivity index (χ3n) is 2.84. The van der Waals surface area contributed by atoms with Crippen LogP contribution in [0.15, 0.2) is 0 Å². The standard InChI is InChI=1S/C11H18N2O5/c1-8-4-12(6-10(15)17-2)5-9(14)13(8)7-11(16)18-3/h8H,4-7H2,1-3H3/t8-/m0/s1. The number of esters is 2. The fourth-order valence-electron chi connectivity index (χ4n) is 1.88. The van der Waals surface area contributed by atoms with Gasteiger partial charge in [0.05, 0.1) is 27.3 Å². The molecule has 1 saturated heterocycles. The Hall–Kier alpha value is -1.63. The minimum Gasteiger partial charge on any atom is -0.468 e. The highest BCUT2D eigenvalue weighted by molar-refractivity contribution is 5.84. The number of piperazine rings is 1. The SMILES string of the molecule is COC(=O)CN1CC(=O)N(CC(=O)OC)[C@@H](C)C1. The van der Waals surface area contributed by atoms with E-state index >= 15 is 0 Å². The van der Waals surface area contributed by atoms with Crippen LogP contribution in [-0.4, -0.2) is 74.1 Å². The van der Waals surface area contributed by atoms with Crippen molar-refractivity contribution in [3.63, 3.8) is 0 Å². The summed E-state index contributed by atoms with van der Waals surface area (Å²) < 4.78 is 9.09. The first-order valence-electron chi connectivity index (χ1n) is 5.63. The minimum absolute atomic E-state index is 0.0530. The summed E-state index contributed by atoms with van der Waals surface area (Å²) in [5.41, 5.74) is 0. The lowest BCUT2D eigenvalue weighted by Crippen LogP contribution is -2.57. The molecule has 0 aliphatic carbocycles. The van der Waals surface area contributed by atoms with Crippen molar-refractivity contribution in [2.45, 2.75) is 13.0 Å². The van der Waals surface area contributed by atoms with Gasteiger partial charge in [-0.05, 0) is 6.92 Å². The molecule has 0 aromatic carbocycles. The largest absolute Gasteiger partial charge is 0.468 e. The third kappa shape index (κ3) is 3.69. The number of ether oxygens (including phenoxy) is 2. The molecular formula is C11H18N2O5. The molecule has 7 nitrogen and oxygen atoms in total. The van der Waals surface area contributed by atoms with Crippen molar-refractivity contribution in [3.05, 3.63) is 0 Å². The molecule has 0 spiro atoms. The topological polar surface area (TPSA) is 76.2 Å². The van der Waals surface area contributed by atoms with E-state index in [1.807, 2.05) is 6.92 Å². The zero-order valence-electron chi connectivity index (χ0n) is 10.8. The molecular weight excluding hydrogens is 240 g/mol. The maximum Gasteiger partial charge on any atom is 0.325 e. The first-order chi connectivity index (χ1) is 8.47. The molecule has 0 aromatic rings. The second-order valence-corrected chi connectivity index (χ2v) is 4.19. The number of methoxy groups -OCH3 is 2. The maximum absolute atomic E-state index is 11.9. The zero-order chi connectivity index (χ0) is 13.7. The van der Waals surface area contributed by atoms with Crippen LogP contribution in [0.5, 0.6) is 0 Å². The second kappa shape index (κ2) is 6.34. The van der Waals surface area contributed by atoms with Crippen molar-refractivity contribution in [3.8, 4) is 0 Å². The van der Waals surface area contributed by atoms with E-state index in [-0.39, 0.29) is 37.6 Å². The molecule has 1 heterocycles. The van der Waals surface area contributed by atoms with Gasteiger partial charge in [0.25, 0.3) is 0 Å². The minimum atomic E-state index is -0.448. The summed E-state index contributed by atoms with van der Waals surface area (Å²) in [6.45, 7) is 2.49. The molecule has 1 rings (SSSR count). The molecule has 102 valence electrons. The van der Waals surface area contributed by atoms with E-state index in [1.54, 1.807) is 4.90 Å². The summed E-state index contributed by atoms with van der Waals surface area (Å²) in [6, 6.07) is -0.144. The molecule has 0 aromatic heterocycles. The predicted octanol–water partition coefficient (Wildman–Crippen LogP) is -1.13. The van der Waals surface area contributed by atoms with Crippen LogP contribution >= 0.6 is 0 Å². The van der Waals surface area contributed by atoms with Crippen LogP contribution in [0.2, 0.25) is 0 Å². The van der Waals surface area contributed by atoms with Gasteiger partial charge in [0.2, 0.25) is 5.91 Å². The highest BCUT2D eigenvalue weighted by Crippen LogP contribution is 2.10. The van der Waals surface area contributed by atoms with Crippen LogP contribution < -0.4 is 0 Å². The smallest absolute Gasteiger partial charge is 0.325 e. The van der Waals surface area contributed by atoms with Crippen molar-refractivity contribution in [2.75, 3.05) is 40.4 Å². The van der Waals surface area contributed by atoms with Crippen molar-refractivity contribution in [2.24, 2.45) is 0 Å². The Balaban J connectivity index is 2.57. The Morgan fingerprint density at radius 2 is 1.78 bits per heavy atom. The van der Waals surface area contributed by atoms with Crippen molar-refractivity contribution >= 4 is 17.8 Å². The third-order valence-corrected chi connectivity index (χ3v) is 2.84.